The minimum atomic E-state index is -3.74. The summed E-state index contributed by atoms with van der Waals surface area (Å²) in [4.78, 5) is 0.0259. The number of benzene rings is 2. The van der Waals surface area contributed by atoms with Crippen LogP contribution in [0, 0.1) is 0 Å². The topological polar surface area (TPSA) is 184 Å². The lowest BCUT2D eigenvalue weighted by atomic mass is 9.99. The van der Waals surface area contributed by atoms with Crippen LogP contribution in [0.2, 0.25) is 0 Å². The fourth-order valence-electron chi connectivity index (χ4n) is 3.07. The molecular weight excluding hydrogens is 474 g/mol. The highest BCUT2D eigenvalue weighted by molar-refractivity contribution is 7.89. The summed E-state index contributed by atoms with van der Waals surface area (Å²) < 4.78 is 33.4. The van der Waals surface area contributed by atoms with Crippen molar-refractivity contribution in [1.29, 1.82) is 0 Å². The maximum absolute atomic E-state index is 11.3. The molecule has 13 heteroatoms. The van der Waals surface area contributed by atoms with Gasteiger partial charge in [0.1, 0.15) is 30.2 Å². The highest BCUT2D eigenvalue weighted by atomic mass is 32.2. The van der Waals surface area contributed by atoms with E-state index in [1.807, 2.05) is 0 Å². The van der Waals surface area contributed by atoms with Gasteiger partial charge in [-0.3, -0.25) is 0 Å². The first-order valence-electron chi connectivity index (χ1n) is 9.82. The Hall–Kier alpha value is -2.36. The third-order valence-electron chi connectivity index (χ3n) is 4.92. The molecule has 0 amide bonds. The van der Waals surface area contributed by atoms with Crippen LogP contribution in [0.5, 0.6) is 5.75 Å². The molecule has 0 spiro atoms. The van der Waals surface area contributed by atoms with E-state index in [9.17, 15) is 28.8 Å². The van der Waals surface area contributed by atoms with Crippen molar-refractivity contribution in [3.8, 4) is 5.75 Å². The Morgan fingerprint density at radius 3 is 2.24 bits per heavy atom. The molecule has 1 fully saturated rings. The van der Waals surface area contributed by atoms with E-state index >= 15 is 0 Å². The van der Waals surface area contributed by atoms with Crippen molar-refractivity contribution < 1.29 is 38.3 Å². The minimum Gasteiger partial charge on any atom is -0.462 e. The second-order valence-corrected chi connectivity index (χ2v) is 9.31. The van der Waals surface area contributed by atoms with Gasteiger partial charge < -0.3 is 40.5 Å². The maximum atomic E-state index is 11.3. The lowest BCUT2D eigenvalue weighted by Gasteiger charge is -2.39. The molecule has 0 aliphatic carbocycles. The molecule has 1 aliphatic heterocycles. The van der Waals surface area contributed by atoms with Crippen LogP contribution in [0.3, 0.4) is 0 Å². The number of nitrogens with one attached hydrogen (secondary N) is 2. The zero-order chi connectivity index (χ0) is 24.2. The smallest absolute Gasteiger partial charge is 0.238 e. The van der Waals surface area contributed by atoms with Crippen molar-refractivity contribution in [2.45, 2.75) is 42.1 Å². The number of ether oxygens (including phenoxy) is 2. The van der Waals surface area contributed by atoms with Crippen LogP contribution in [-0.4, -0.2) is 71.3 Å². The van der Waals surface area contributed by atoms with Crippen molar-refractivity contribution in [2.75, 3.05) is 11.9 Å². The van der Waals surface area contributed by atoms with Gasteiger partial charge >= 0.3 is 0 Å². The van der Waals surface area contributed by atoms with Crippen molar-refractivity contribution in [2.24, 2.45) is 5.14 Å². The lowest BCUT2D eigenvalue weighted by Crippen LogP contribution is -2.60. The van der Waals surface area contributed by atoms with Crippen LogP contribution in [0.4, 0.5) is 5.69 Å². The second-order valence-electron chi connectivity index (χ2n) is 7.34. The van der Waals surface area contributed by atoms with Crippen molar-refractivity contribution in [3.63, 3.8) is 0 Å². The number of aliphatic hydroxyl groups is 4. The molecule has 0 aromatic heterocycles. The fraction of sp³-hybridized carbons (Fsp3) is 0.350. The number of rotatable bonds is 7. The molecule has 0 saturated carbocycles. The molecule has 8 N–H and O–H groups in total. The first kappa shape index (κ1) is 25.3. The molecule has 0 unspecified atom stereocenters. The average molecular weight is 500 g/mol. The van der Waals surface area contributed by atoms with E-state index in [4.69, 9.17) is 26.8 Å². The first-order valence-corrected chi connectivity index (χ1v) is 11.8. The van der Waals surface area contributed by atoms with Gasteiger partial charge in [0.05, 0.1) is 11.5 Å². The summed E-state index contributed by atoms with van der Waals surface area (Å²) in [5.41, 5.74) is 1.44. The summed E-state index contributed by atoms with van der Waals surface area (Å²) in [6.07, 6.45) is -6.83. The normalized spacial score (nSPS) is 25.3. The molecular formula is C20H25N3O8S2. The van der Waals surface area contributed by atoms with E-state index in [0.29, 0.717) is 23.1 Å². The second kappa shape index (κ2) is 10.7. The molecule has 0 bridgehead atoms. The molecule has 11 nitrogen and oxygen atoms in total. The third kappa shape index (κ3) is 6.59. The van der Waals surface area contributed by atoms with Gasteiger partial charge in [-0.05, 0) is 54.2 Å². The molecule has 2 aromatic carbocycles. The van der Waals surface area contributed by atoms with E-state index in [2.05, 4.69) is 10.6 Å². The summed E-state index contributed by atoms with van der Waals surface area (Å²) in [6.45, 7) is -0.191. The van der Waals surface area contributed by atoms with E-state index in [-0.39, 0.29) is 4.90 Å². The van der Waals surface area contributed by atoms with Gasteiger partial charge in [0, 0.05) is 12.2 Å². The number of aliphatic hydroxyl groups excluding tert-OH is 4. The highest BCUT2D eigenvalue weighted by Crippen LogP contribution is 2.25. The lowest BCUT2D eigenvalue weighted by molar-refractivity contribution is -0.277. The zero-order valence-electron chi connectivity index (χ0n) is 17.2. The molecule has 0 radical (unpaired) electrons. The Bertz CT molecular complexity index is 1050. The predicted molar refractivity (Wildman–Crippen MR) is 122 cm³/mol. The van der Waals surface area contributed by atoms with Crippen molar-refractivity contribution >= 4 is 33.0 Å². The third-order valence-corrected chi connectivity index (χ3v) is 6.09. The average Bonchev–Trinajstić information content (AvgIpc) is 2.79. The Morgan fingerprint density at radius 2 is 1.67 bits per heavy atom. The summed E-state index contributed by atoms with van der Waals surface area (Å²) in [7, 11) is -3.74. The monoisotopic (exact) mass is 499 g/mol. The standard InChI is InChI=1S/C20H25N3O8S2/c21-33(28,29)14-7-1-11(2-8-14)9-22-20(32)23-12-3-5-13(6-4-12)30-19-18(27)17(26)16(25)15(10-24)31-19/h1-8,15-19,24-27H,9-10H2,(H2,21,28,29)(H2,22,23,32)/t15-,16-,17+,18+,19+/m1/s1. The summed E-state index contributed by atoms with van der Waals surface area (Å²) in [6, 6.07) is 12.6. The number of primary sulfonamides is 1. The van der Waals surface area contributed by atoms with Crippen LogP contribution >= 0.6 is 12.2 Å². The van der Waals surface area contributed by atoms with E-state index in [0.717, 1.165) is 5.56 Å². The van der Waals surface area contributed by atoms with Crippen LogP contribution < -0.4 is 20.5 Å². The van der Waals surface area contributed by atoms with Gasteiger partial charge in [0.15, 0.2) is 5.11 Å². The number of nitrogens with two attached hydrogens (primary N) is 1. The Balaban J connectivity index is 1.51. The van der Waals surface area contributed by atoms with Crippen LogP contribution in [0.25, 0.3) is 0 Å². The van der Waals surface area contributed by atoms with Gasteiger partial charge in [-0.2, -0.15) is 0 Å². The van der Waals surface area contributed by atoms with Gasteiger partial charge in [-0.25, -0.2) is 13.6 Å². The van der Waals surface area contributed by atoms with E-state index < -0.39 is 47.3 Å². The van der Waals surface area contributed by atoms with E-state index in [1.54, 1.807) is 36.4 Å². The summed E-state index contributed by atoms with van der Waals surface area (Å²) >= 11 is 5.25. The van der Waals surface area contributed by atoms with E-state index in [1.165, 1.54) is 12.1 Å². The van der Waals surface area contributed by atoms with Crippen LogP contribution in [-0.2, 0) is 21.3 Å². The van der Waals surface area contributed by atoms with Crippen molar-refractivity contribution in [1.82, 2.24) is 5.32 Å². The van der Waals surface area contributed by atoms with Crippen LogP contribution in [0.1, 0.15) is 5.56 Å². The Morgan fingerprint density at radius 1 is 1.03 bits per heavy atom. The molecule has 2 aromatic rings. The Labute approximate surface area is 195 Å². The fourth-order valence-corrected chi connectivity index (χ4v) is 3.78. The molecule has 33 heavy (non-hydrogen) atoms. The molecule has 1 saturated heterocycles. The number of hydrogen-bond acceptors (Lipinski definition) is 9. The number of sulfonamides is 1. The van der Waals surface area contributed by atoms with Gasteiger partial charge in [-0.1, -0.05) is 12.1 Å². The quantitative estimate of drug-likeness (QED) is 0.232. The molecule has 180 valence electrons. The highest BCUT2D eigenvalue weighted by Gasteiger charge is 2.44. The molecule has 1 heterocycles. The molecule has 5 atom stereocenters. The van der Waals surface area contributed by atoms with Gasteiger partial charge in [0.2, 0.25) is 16.3 Å². The maximum Gasteiger partial charge on any atom is 0.238 e. The Kier molecular flexibility index (Phi) is 8.20. The van der Waals surface area contributed by atoms with Gasteiger partial charge in [0.25, 0.3) is 0 Å². The van der Waals surface area contributed by atoms with Gasteiger partial charge in [-0.15, -0.1) is 0 Å². The SMILES string of the molecule is NS(=O)(=O)c1ccc(CNC(=S)Nc2ccc(O[C@H]3O[C@H](CO)[C@@H](O)[C@H](O)[C@@H]3O)cc2)cc1. The van der Waals surface area contributed by atoms with Crippen molar-refractivity contribution in [3.05, 3.63) is 54.1 Å². The first-order chi connectivity index (χ1) is 15.6. The summed E-state index contributed by atoms with van der Waals surface area (Å²) in [5.74, 6) is 0.318. The summed E-state index contributed by atoms with van der Waals surface area (Å²) in [5, 5.41) is 50.3. The predicted octanol–water partition coefficient (Wildman–Crippen LogP) is -1.00. The number of thiocarbonyl (C=S) groups is 1. The molecule has 1 aliphatic rings. The zero-order valence-corrected chi connectivity index (χ0v) is 18.9. The molecule has 3 rings (SSSR count). The number of hydrogen-bond donors (Lipinski definition) is 7. The minimum absolute atomic E-state index is 0.0259. The van der Waals surface area contributed by atoms with Crippen LogP contribution in [0.15, 0.2) is 53.4 Å². The largest absolute Gasteiger partial charge is 0.462 e. The number of anilines is 1.